The van der Waals surface area contributed by atoms with Gasteiger partial charge in [-0.05, 0) is 38.0 Å². The lowest BCUT2D eigenvalue weighted by Crippen LogP contribution is -2.14. The van der Waals surface area contributed by atoms with Gasteiger partial charge in [0.05, 0.1) is 16.7 Å². The van der Waals surface area contributed by atoms with Crippen molar-refractivity contribution in [2.45, 2.75) is 79.5 Å². The number of para-hydroxylation sites is 2. The van der Waals surface area contributed by atoms with E-state index >= 15 is 0 Å². The number of carbonyl (C=O) groups excluding carboxylic acids is 1. The van der Waals surface area contributed by atoms with Crippen molar-refractivity contribution in [2.75, 3.05) is 11.1 Å². The second-order valence-electron chi connectivity index (χ2n) is 8.19. The maximum Gasteiger partial charge on any atom is 0.224 e. The van der Waals surface area contributed by atoms with Crippen molar-refractivity contribution < 1.29 is 4.79 Å². The Morgan fingerprint density at radius 3 is 2.53 bits per heavy atom. The Labute approximate surface area is 203 Å². The zero-order valence-electron chi connectivity index (χ0n) is 19.4. The first-order valence-corrected chi connectivity index (χ1v) is 13.8. The van der Waals surface area contributed by atoms with E-state index < -0.39 is 0 Å². The van der Waals surface area contributed by atoms with Crippen LogP contribution in [0.5, 0.6) is 0 Å². The number of pyridine rings is 1. The van der Waals surface area contributed by atoms with E-state index in [9.17, 15) is 4.79 Å². The second-order valence-corrected chi connectivity index (χ2v) is 12.5. The molecule has 32 heavy (non-hydrogen) atoms. The summed E-state index contributed by atoms with van der Waals surface area (Å²) in [5.41, 5.74) is 3.91. The molecule has 0 saturated heterocycles. The number of aryl methyl sites for hydroxylation is 1. The van der Waals surface area contributed by atoms with E-state index in [2.05, 4.69) is 49.0 Å². The van der Waals surface area contributed by atoms with Crippen LogP contribution in [0, 0.1) is 6.92 Å². The van der Waals surface area contributed by atoms with Crippen molar-refractivity contribution in [3.05, 3.63) is 36.0 Å². The topological polar surface area (TPSA) is 70.7 Å². The van der Waals surface area contributed by atoms with E-state index in [1.54, 1.807) is 35.3 Å². The molecule has 3 aromatic rings. The number of nitrogens with one attached hydrogen (secondary N) is 2. The molecule has 0 spiro atoms. The van der Waals surface area contributed by atoms with Gasteiger partial charge in [-0.3, -0.25) is 4.79 Å². The van der Waals surface area contributed by atoms with Gasteiger partial charge in [-0.2, -0.15) is 0 Å². The number of H-pyrrole nitrogens is 1. The van der Waals surface area contributed by atoms with Gasteiger partial charge < -0.3 is 10.3 Å². The Morgan fingerprint density at radius 1 is 1.06 bits per heavy atom. The number of rotatable bonds is 11. The van der Waals surface area contributed by atoms with Crippen LogP contribution in [-0.4, -0.2) is 37.1 Å². The predicted molar refractivity (Wildman–Crippen MR) is 140 cm³/mol. The lowest BCUT2D eigenvalue weighted by Gasteiger charge is -2.18. The largest absolute Gasteiger partial charge is 0.333 e. The highest BCUT2D eigenvalue weighted by Crippen LogP contribution is 2.38. The molecule has 1 amide bonds. The number of amides is 1. The van der Waals surface area contributed by atoms with Crippen molar-refractivity contribution in [1.82, 2.24) is 15.0 Å². The van der Waals surface area contributed by atoms with Gasteiger partial charge in [0.1, 0.15) is 5.03 Å². The quantitative estimate of drug-likeness (QED) is 0.220. The Balaban J connectivity index is 1.54. The summed E-state index contributed by atoms with van der Waals surface area (Å²) in [5.74, 6) is 0.989. The number of carbonyl (C=O) groups is 1. The van der Waals surface area contributed by atoms with Crippen LogP contribution < -0.4 is 5.32 Å². The summed E-state index contributed by atoms with van der Waals surface area (Å²) >= 11 is 5.18. The predicted octanol–water partition coefficient (Wildman–Crippen LogP) is 7.17. The number of hydrogen-bond donors (Lipinski definition) is 2. The maximum absolute atomic E-state index is 12.7. The highest BCUT2D eigenvalue weighted by molar-refractivity contribution is 8.01. The molecular weight excluding hydrogens is 456 g/mol. The van der Waals surface area contributed by atoms with Crippen LogP contribution in [0.3, 0.4) is 0 Å². The summed E-state index contributed by atoms with van der Waals surface area (Å²) in [6, 6.07) is 10.1. The van der Waals surface area contributed by atoms with Gasteiger partial charge in [-0.25, -0.2) is 9.97 Å². The number of aromatic amines is 1. The average molecular weight is 489 g/mol. The van der Waals surface area contributed by atoms with E-state index in [4.69, 9.17) is 4.98 Å². The van der Waals surface area contributed by atoms with E-state index in [1.165, 1.54) is 0 Å². The molecule has 0 bridgehead atoms. The van der Waals surface area contributed by atoms with Gasteiger partial charge >= 0.3 is 0 Å². The normalized spacial score (nSPS) is 11.6. The number of nitrogens with zero attached hydrogens (tertiary/aromatic N) is 2. The Morgan fingerprint density at radius 2 is 1.81 bits per heavy atom. The summed E-state index contributed by atoms with van der Waals surface area (Å²) in [6.45, 7) is 10.6. The molecule has 8 heteroatoms. The standard InChI is InChI=1S/C24H32N4OS3/c1-15(2)31-20-14-17(5)25-23(32-16(3)4)22(20)28-21(29)12-8-9-13-30-24-26-18-10-6-7-11-19(18)27-24/h6-7,10-11,14-16H,8-9,12-13H2,1-5H3,(H,26,27)(H,28,29). The lowest BCUT2D eigenvalue weighted by atomic mass is 10.2. The van der Waals surface area contributed by atoms with Crippen LogP contribution in [0.15, 0.2) is 45.4 Å². The lowest BCUT2D eigenvalue weighted by molar-refractivity contribution is -0.116. The number of anilines is 1. The van der Waals surface area contributed by atoms with Gasteiger partial charge in [-0.1, -0.05) is 51.6 Å². The van der Waals surface area contributed by atoms with Gasteiger partial charge in [0.25, 0.3) is 0 Å². The van der Waals surface area contributed by atoms with Crippen LogP contribution in [0.25, 0.3) is 11.0 Å². The van der Waals surface area contributed by atoms with E-state index in [0.29, 0.717) is 16.9 Å². The molecule has 0 saturated carbocycles. The number of fused-ring (bicyclic) bond motifs is 1. The van der Waals surface area contributed by atoms with Crippen molar-refractivity contribution in [3.8, 4) is 0 Å². The van der Waals surface area contributed by atoms with Crippen LogP contribution in [0.4, 0.5) is 5.69 Å². The number of unbranched alkanes of at least 4 members (excludes halogenated alkanes) is 1. The highest BCUT2D eigenvalue weighted by Gasteiger charge is 2.17. The number of benzene rings is 1. The Hall–Kier alpha value is -1.64. The molecular formula is C24H32N4OS3. The summed E-state index contributed by atoms with van der Waals surface area (Å²) < 4.78 is 0. The van der Waals surface area contributed by atoms with Crippen molar-refractivity contribution in [2.24, 2.45) is 0 Å². The Kier molecular flexibility index (Phi) is 9.37. The molecule has 5 nitrogen and oxygen atoms in total. The first-order chi connectivity index (χ1) is 15.3. The van der Waals surface area contributed by atoms with Crippen LogP contribution in [0.1, 0.15) is 52.7 Å². The zero-order chi connectivity index (χ0) is 23.1. The van der Waals surface area contributed by atoms with Crippen LogP contribution in [-0.2, 0) is 4.79 Å². The average Bonchev–Trinajstić information content (AvgIpc) is 3.12. The molecule has 0 atom stereocenters. The first-order valence-electron chi connectivity index (χ1n) is 11.0. The summed E-state index contributed by atoms with van der Waals surface area (Å²) in [6.07, 6.45) is 2.31. The molecule has 0 aliphatic heterocycles. The van der Waals surface area contributed by atoms with E-state index in [1.807, 2.05) is 31.2 Å². The maximum atomic E-state index is 12.7. The molecule has 172 valence electrons. The number of hydrogen-bond acceptors (Lipinski definition) is 6. The minimum Gasteiger partial charge on any atom is -0.333 e. The minimum absolute atomic E-state index is 0.0561. The molecule has 1 aromatic carbocycles. The summed E-state index contributed by atoms with van der Waals surface area (Å²) in [7, 11) is 0. The third kappa shape index (κ3) is 7.46. The highest BCUT2D eigenvalue weighted by atomic mass is 32.2. The van der Waals surface area contributed by atoms with Gasteiger partial charge in [-0.15, -0.1) is 23.5 Å². The van der Waals surface area contributed by atoms with Gasteiger partial charge in [0.15, 0.2) is 5.16 Å². The number of aromatic nitrogens is 3. The SMILES string of the molecule is Cc1cc(SC(C)C)c(NC(=O)CCCCSc2nc3ccccc3[nH]2)c(SC(C)C)n1. The molecule has 0 radical (unpaired) electrons. The summed E-state index contributed by atoms with van der Waals surface area (Å²) in [4.78, 5) is 26.5. The molecule has 0 unspecified atom stereocenters. The fourth-order valence-electron chi connectivity index (χ4n) is 3.14. The molecule has 0 fully saturated rings. The fraction of sp³-hybridized carbons (Fsp3) is 0.458. The Bertz CT molecular complexity index is 985. The number of imidazole rings is 1. The molecule has 0 aliphatic carbocycles. The monoisotopic (exact) mass is 488 g/mol. The van der Waals surface area contributed by atoms with Gasteiger partial charge in [0.2, 0.25) is 5.91 Å². The molecule has 3 rings (SSSR count). The van der Waals surface area contributed by atoms with E-state index in [0.717, 1.165) is 56.1 Å². The zero-order valence-corrected chi connectivity index (χ0v) is 21.8. The minimum atomic E-state index is 0.0561. The fourth-order valence-corrected chi connectivity index (χ4v) is 6.03. The van der Waals surface area contributed by atoms with E-state index in [-0.39, 0.29) is 5.91 Å². The van der Waals surface area contributed by atoms with Crippen molar-refractivity contribution in [1.29, 1.82) is 0 Å². The van der Waals surface area contributed by atoms with Gasteiger partial charge in [0, 0.05) is 33.3 Å². The first kappa shape index (κ1) is 25.0. The van der Waals surface area contributed by atoms with Crippen molar-refractivity contribution >= 4 is 57.9 Å². The third-order valence-electron chi connectivity index (χ3n) is 4.46. The van der Waals surface area contributed by atoms with Crippen LogP contribution >= 0.6 is 35.3 Å². The number of thioether (sulfide) groups is 3. The van der Waals surface area contributed by atoms with Crippen molar-refractivity contribution in [3.63, 3.8) is 0 Å². The smallest absolute Gasteiger partial charge is 0.224 e. The molecule has 2 N–H and O–H groups in total. The molecule has 2 aromatic heterocycles. The second kappa shape index (κ2) is 12.0. The third-order valence-corrected chi connectivity index (χ3v) is 7.45. The molecule has 0 aliphatic rings. The van der Waals surface area contributed by atoms with Crippen LogP contribution in [0.2, 0.25) is 0 Å². The molecule has 2 heterocycles. The summed E-state index contributed by atoms with van der Waals surface area (Å²) in [5, 5.41) is 5.85.